The lowest BCUT2D eigenvalue weighted by Crippen LogP contribution is -2.58. The van der Waals surface area contributed by atoms with Crippen molar-refractivity contribution in [3.8, 4) is 0 Å². The molecule has 4 rings (SSSR count). The van der Waals surface area contributed by atoms with Gasteiger partial charge >= 0.3 is 12.2 Å². The van der Waals surface area contributed by atoms with E-state index in [4.69, 9.17) is 9.47 Å². The normalized spacial score (nSPS) is 27.5. The number of β-amino-alcohol motifs (C(OH)–C–C–N with tert-alkyl or cyclic N) is 1. The second kappa shape index (κ2) is 12.4. The Bertz CT molecular complexity index is 908. The second-order valence-electron chi connectivity index (χ2n) is 10.3. The highest BCUT2D eigenvalue weighted by molar-refractivity contribution is 5.89. The van der Waals surface area contributed by atoms with E-state index < -0.39 is 36.0 Å². The number of fused-ring (bicyclic) bond motifs is 1. The first-order chi connectivity index (χ1) is 17.7. The van der Waals surface area contributed by atoms with Crippen LogP contribution in [0.25, 0.3) is 0 Å². The van der Waals surface area contributed by atoms with Crippen molar-refractivity contribution in [1.82, 2.24) is 10.2 Å². The fraction of sp³-hybridized carbons (Fsp3) is 0.692. The van der Waals surface area contributed by atoms with E-state index in [1.54, 1.807) is 0 Å². The molecule has 3 fully saturated rings. The second-order valence-corrected chi connectivity index (χ2v) is 10.3. The number of amides is 3. The van der Waals surface area contributed by atoms with Gasteiger partial charge in [0.25, 0.3) is 0 Å². The van der Waals surface area contributed by atoms with Crippen molar-refractivity contribution in [2.24, 2.45) is 5.92 Å². The van der Waals surface area contributed by atoms with Gasteiger partial charge in [0.05, 0.1) is 50.0 Å². The molecular weight excluding hydrogens is 491 g/mol. The zero-order valence-electron chi connectivity index (χ0n) is 20.8. The maximum atomic E-state index is 13.1. The molecule has 0 aromatic heterocycles. The molecule has 0 spiro atoms. The molecule has 2 aliphatic heterocycles. The summed E-state index contributed by atoms with van der Waals surface area (Å²) < 4.78 is 50.3. The van der Waals surface area contributed by atoms with Crippen LogP contribution < -0.4 is 10.6 Å². The van der Waals surface area contributed by atoms with Crippen LogP contribution in [0.15, 0.2) is 24.3 Å². The van der Waals surface area contributed by atoms with Crippen LogP contribution in [0.1, 0.15) is 56.9 Å². The first-order valence-electron chi connectivity index (χ1n) is 13.1. The summed E-state index contributed by atoms with van der Waals surface area (Å²) in [6, 6.07) is 3.25. The van der Waals surface area contributed by atoms with E-state index in [9.17, 15) is 27.9 Å². The van der Waals surface area contributed by atoms with Gasteiger partial charge in [-0.3, -0.25) is 4.79 Å². The highest BCUT2D eigenvalue weighted by Gasteiger charge is 2.40. The van der Waals surface area contributed by atoms with Crippen molar-refractivity contribution in [1.29, 1.82) is 0 Å². The summed E-state index contributed by atoms with van der Waals surface area (Å²) in [6.45, 7) is 0.856. The lowest BCUT2D eigenvalue weighted by molar-refractivity contribution is -0.149. The quantitative estimate of drug-likeness (QED) is 0.539. The van der Waals surface area contributed by atoms with Gasteiger partial charge in [-0.1, -0.05) is 19.3 Å². The molecule has 3 N–H and O–H groups in total. The third kappa shape index (κ3) is 7.81. The fourth-order valence-electron chi connectivity index (χ4n) is 5.44. The van der Waals surface area contributed by atoms with E-state index in [1.165, 1.54) is 36.3 Å². The predicted molar refractivity (Wildman–Crippen MR) is 130 cm³/mol. The summed E-state index contributed by atoms with van der Waals surface area (Å²) in [7, 11) is 0. The molecule has 3 aliphatic rings. The van der Waals surface area contributed by atoms with Crippen LogP contribution in [0, 0.1) is 5.92 Å². The van der Waals surface area contributed by atoms with Crippen LogP contribution in [0.4, 0.5) is 23.7 Å². The number of nitrogens with one attached hydrogen (secondary N) is 2. The van der Waals surface area contributed by atoms with E-state index in [1.807, 2.05) is 0 Å². The Balaban J connectivity index is 1.34. The number of aliphatic hydroxyl groups is 1. The number of alkyl halides is 3. The molecule has 2 heterocycles. The smallest absolute Gasteiger partial charge is 0.389 e. The van der Waals surface area contributed by atoms with E-state index in [2.05, 4.69) is 10.6 Å². The lowest BCUT2D eigenvalue weighted by atomic mass is 9.89. The van der Waals surface area contributed by atoms with Crippen LogP contribution in [-0.2, 0) is 20.4 Å². The molecule has 2 saturated heterocycles. The molecule has 37 heavy (non-hydrogen) atoms. The van der Waals surface area contributed by atoms with Crippen molar-refractivity contribution in [3.05, 3.63) is 29.8 Å². The average Bonchev–Trinajstić information content (AvgIpc) is 2.86. The molecule has 4 atom stereocenters. The van der Waals surface area contributed by atoms with Gasteiger partial charge in [-0.25, -0.2) is 4.79 Å². The number of aliphatic hydroxyl groups excluding tert-OH is 1. The third-order valence-electron chi connectivity index (χ3n) is 7.43. The summed E-state index contributed by atoms with van der Waals surface area (Å²) in [5, 5.41) is 16.0. The van der Waals surface area contributed by atoms with Crippen LogP contribution in [-0.4, -0.2) is 72.6 Å². The molecule has 1 aromatic rings. The van der Waals surface area contributed by atoms with Crippen molar-refractivity contribution in [3.63, 3.8) is 0 Å². The molecule has 11 heteroatoms. The molecule has 1 aliphatic carbocycles. The molecule has 3 amide bonds. The predicted octanol–water partition coefficient (Wildman–Crippen LogP) is 3.93. The molecule has 0 radical (unpaired) electrons. The van der Waals surface area contributed by atoms with Gasteiger partial charge in [-0.2, -0.15) is 13.2 Å². The Labute approximate surface area is 214 Å². The number of nitrogens with zero attached hydrogens (tertiary/aromatic N) is 1. The number of rotatable bonds is 5. The number of ether oxygens (including phenoxy) is 2. The van der Waals surface area contributed by atoms with Gasteiger partial charge in [0.15, 0.2) is 0 Å². The largest absolute Gasteiger partial charge is 0.416 e. The molecular formula is C26H36F3N3O5. The highest BCUT2D eigenvalue weighted by Crippen LogP contribution is 2.31. The third-order valence-corrected chi connectivity index (χ3v) is 7.43. The zero-order valence-corrected chi connectivity index (χ0v) is 20.8. The number of halogens is 3. The molecule has 206 valence electrons. The number of hydrogen-bond acceptors (Lipinski definition) is 5. The molecule has 0 bridgehead atoms. The maximum Gasteiger partial charge on any atom is 0.416 e. The summed E-state index contributed by atoms with van der Waals surface area (Å²) in [5.41, 5.74) is -0.592. The fourth-order valence-corrected chi connectivity index (χ4v) is 5.44. The van der Waals surface area contributed by atoms with E-state index in [0.717, 1.165) is 25.0 Å². The first-order valence-corrected chi connectivity index (χ1v) is 13.1. The highest BCUT2D eigenvalue weighted by atomic mass is 19.4. The van der Waals surface area contributed by atoms with Gasteiger partial charge in [0.2, 0.25) is 5.91 Å². The monoisotopic (exact) mass is 527 g/mol. The molecule has 0 unspecified atom stereocenters. The number of anilines is 1. The van der Waals surface area contributed by atoms with Crippen molar-refractivity contribution < 1.29 is 37.3 Å². The summed E-state index contributed by atoms with van der Waals surface area (Å²) >= 11 is 0. The molecule has 1 aromatic carbocycles. The van der Waals surface area contributed by atoms with Gasteiger partial charge < -0.3 is 30.1 Å². The first kappa shape index (κ1) is 27.7. The Morgan fingerprint density at radius 3 is 2.46 bits per heavy atom. The van der Waals surface area contributed by atoms with Crippen molar-refractivity contribution in [2.75, 3.05) is 31.6 Å². The van der Waals surface area contributed by atoms with E-state index >= 15 is 0 Å². The number of carbonyl (C=O) groups is 2. The Hall–Kier alpha value is -2.37. The van der Waals surface area contributed by atoms with E-state index in [-0.39, 0.29) is 43.9 Å². The van der Waals surface area contributed by atoms with Gasteiger partial charge in [0, 0.05) is 12.2 Å². The lowest BCUT2D eigenvalue weighted by Gasteiger charge is -2.44. The molecule has 1 saturated carbocycles. The number of benzene rings is 1. The van der Waals surface area contributed by atoms with E-state index in [0.29, 0.717) is 25.3 Å². The minimum Gasteiger partial charge on any atom is -0.389 e. The summed E-state index contributed by atoms with van der Waals surface area (Å²) in [5.74, 6) is 0.490. The van der Waals surface area contributed by atoms with Crippen molar-refractivity contribution in [2.45, 2.75) is 81.9 Å². The molecule has 8 nitrogen and oxygen atoms in total. The standard InChI is InChI=1S/C26H36F3N3O5/c27-26(28,29)18-6-8-19(9-7-18)31-25(35)32-14-20(33)15-36-16-23-22(32)11-10-21(37-23)12-24(34)30-13-17-4-2-1-3-5-17/h6-9,17,20-23,33H,1-5,10-16H2,(H,30,34)(H,31,35)/t20-,21+,22+,23-/m0/s1. The minimum absolute atomic E-state index is 0.0104. The summed E-state index contributed by atoms with van der Waals surface area (Å²) in [6.07, 6.45) is 1.15. The maximum absolute atomic E-state index is 13.1. The van der Waals surface area contributed by atoms with Crippen molar-refractivity contribution >= 4 is 17.6 Å². The van der Waals surface area contributed by atoms with Crippen LogP contribution in [0.2, 0.25) is 0 Å². The minimum atomic E-state index is -4.47. The zero-order chi connectivity index (χ0) is 26.4. The van der Waals surface area contributed by atoms with Crippen LogP contribution >= 0.6 is 0 Å². The number of carbonyl (C=O) groups excluding carboxylic acids is 2. The Kier molecular flexibility index (Phi) is 9.31. The van der Waals surface area contributed by atoms with Crippen LogP contribution in [0.3, 0.4) is 0 Å². The van der Waals surface area contributed by atoms with Gasteiger partial charge in [-0.15, -0.1) is 0 Å². The SMILES string of the molecule is O=C(C[C@H]1CC[C@@H]2[C@H](COC[C@@H](O)CN2C(=O)Nc2ccc(C(F)(F)F)cc2)O1)NCC1CCCCC1. The average molecular weight is 528 g/mol. The Morgan fingerprint density at radius 1 is 1.03 bits per heavy atom. The van der Waals surface area contributed by atoms with Gasteiger partial charge in [-0.05, 0) is 55.9 Å². The Morgan fingerprint density at radius 2 is 1.76 bits per heavy atom. The topological polar surface area (TPSA) is 100 Å². The number of hydrogen-bond donors (Lipinski definition) is 3. The number of urea groups is 1. The van der Waals surface area contributed by atoms with Gasteiger partial charge in [0.1, 0.15) is 6.10 Å². The summed E-state index contributed by atoms with van der Waals surface area (Å²) in [4.78, 5) is 27.1. The van der Waals surface area contributed by atoms with Crippen LogP contribution in [0.5, 0.6) is 0 Å².